The van der Waals surface area contributed by atoms with E-state index in [4.69, 9.17) is 10.7 Å². The average Bonchev–Trinajstić information content (AvgIpc) is 3.29. The molecule has 0 aliphatic carbocycles. The fourth-order valence-electron chi connectivity index (χ4n) is 4.31. The Labute approximate surface area is 186 Å². The van der Waals surface area contributed by atoms with Gasteiger partial charge in [0.15, 0.2) is 12.2 Å². The number of benzene rings is 1. The molecule has 10 nitrogen and oxygen atoms in total. The molecular weight excluding hydrogens is 410 g/mol. The lowest BCUT2D eigenvalue weighted by Gasteiger charge is -2.40. The van der Waals surface area contributed by atoms with Crippen molar-refractivity contribution in [2.24, 2.45) is 10.7 Å². The molecule has 4 amide bonds. The minimum Gasteiger partial charge on any atom is -0.368 e. The molecule has 2 aromatic rings. The van der Waals surface area contributed by atoms with Crippen LogP contribution in [0, 0.1) is 13.8 Å². The number of carbonyl (C=O) groups excluding carboxylic acids is 3. The number of primary amides is 1. The fourth-order valence-corrected chi connectivity index (χ4v) is 4.31. The first-order valence-corrected chi connectivity index (χ1v) is 10.6. The second-order valence-corrected chi connectivity index (χ2v) is 8.19. The zero-order valence-electron chi connectivity index (χ0n) is 18.4. The lowest BCUT2D eigenvalue weighted by Crippen LogP contribution is -2.66. The van der Waals surface area contributed by atoms with Crippen molar-refractivity contribution in [2.45, 2.75) is 38.9 Å². The van der Waals surface area contributed by atoms with Crippen molar-refractivity contribution < 1.29 is 14.4 Å². The van der Waals surface area contributed by atoms with Gasteiger partial charge in [0.2, 0.25) is 11.9 Å². The van der Waals surface area contributed by atoms with E-state index in [0.717, 1.165) is 29.1 Å². The molecule has 1 aromatic carbocycles. The van der Waals surface area contributed by atoms with Crippen molar-refractivity contribution >= 4 is 23.8 Å². The number of aryl methyl sites for hydroxylation is 3. The lowest BCUT2D eigenvalue weighted by molar-refractivity contribution is -0.140. The number of rotatable bonds is 6. The van der Waals surface area contributed by atoms with Crippen LogP contribution >= 0.6 is 0 Å². The number of carbonyl (C=O) groups is 3. The predicted molar refractivity (Wildman–Crippen MR) is 118 cm³/mol. The van der Waals surface area contributed by atoms with Crippen LogP contribution < -0.4 is 5.73 Å². The highest BCUT2D eigenvalue weighted by molar-refractivity contribution is 6.05. The van der Waals surface area contributed by atoms with Gasteiger partial charge in [-0.25, -0.2) is 14.5 Å². The van der Waals surface area contributed by atoms with Crippen molar-refractivity contribution in [1.82, 2.24) is 24.5 Å². The summed E-state index contributed by atoms with van der Waals surface area (Å²) >= 11 is 0. The van der Waals surface area contributed by atoms with Gasteiger partial charge in [0.1, 0.15) is 6.54 Å². The van der Waals surface area contributed by atoms with Crippen molar-refractivity contribution in [2.75, 3.05) is 20.1 Å². The number of aliphatic imine (C=N–C) groups is 1. The lowest BCUT2D eigenvalue weighted by atomic mass is 10.1. The van der Waals surface area contributed by atoms with E-state index < -0.39 is 36.6 Å². The highest BCUT2D eigenvalue weighted by Gasteiger charge is 2.52. The van der Waals surface area contributed by atoms with Gasteiger partial charge in [0.05, 0.1) is 5.69 Å². The highest BCUT2D eigenvalue weighted by Crippen LogP contribution is 2.29. The maximum atomic E-state index is 13.3. The van der Waals surface area contributed by atoms with Gasteiger partial charge in [-0.05, 0) is 38.3 Å². The van der Waals surface area contributed by atoms with E-state index >= 15 is 0 Å². The fraction of sp³-hybridized carbons (Fsp3) is 0.409. The average molecular weight is 438 g/mol. The minimum atomic E-state index is -0.744. The SMILES string of the molecule is Cc1cc(C)n(C2=NC3C(C(=O)N(CC(N)=O)C(=O)N3C)N2CCCc2ccccc2)n1. The molecule has 0 saturated carbocycles. The van der Waals surface area contributed by atoms with Crippen LogP contribution in [0.1, 0.15) is 23.4 Å². The molecule has 32 heavy (non-hydrogen) atoms. The summed E-state index contributed by atoms with van der Waals surface area (Å²) in [6.07, 6.45) is 0.897. The first-order valence-electron chi connectivity index (χ1n) is 10.6. The van der Waals surface area contributed by atoms with Crippen LogP contribution in [-0.4, -0.2) is 80.6 Å². The largest absolute Gasteiger partial charge is 0.368 e. The van der Waals surface area contributed by atoms with Crippen molar-refractivity contribution in [3.05, 3.63) is 53.3 Å². The molecule has 1 fully saturated rings. The summed E-state index contributed by atoms with van der Waals surface area (Å²) in [5, 5.41) is 4.54. The minimum absolute atomic E-state index is 0.460. The number of aromatic nitrogens is 2. The Kier molecular flexibility index (Phi) is 5.68. The van der Waals surface area contributed by atoms with E-state index in [1.807, 2.05) is 43.0 Å². The monoisotopic (exact) mass is 437 g/mol. The molecule has 3 heterocycles. The Hall–Kier alpha value is -3.69. The van der Waals surface area contributed by atoms with E-state index in [-0.39, 0.29) is 0 Å². The zero-order valence-corrected chi connectivity index (χ0v) is 18.4. The third-order valence-electron chi connectivity index (χ3n) is 5.79. The van der Waals surface area contributed by atoms with Crippen molar-refractivity contribution in [3.63, 3.8) is 0 Å². The van der Waals surface area contributed by atoms with Crippen LogP contribution in [0.3, 0.4) is 0 Å². The molecule has 2 aliphatic heterocycles. The number of nitrogens with two attached hydrogens (primary N) is 1. The van der Waals surface area contributed by atoms with Crippen LogP contribution in [0.5, 0.6) is 0 Å². The van der Waals surface area contributed by atoms with E-state index in [0.29, 0.717) is 12.5 Å². The Morgan fingerprint density at radius 3 is 2.50 bits per heavy atom. The number of nitrogens with zero attached hydrogens (tertiary/aromatic N) is 6. The highest BCUT2D eigenvalue weighted by atomic mass is 16.2. The Balaban J connectivity index is 1.66. The molecule has 10 heteroatoms. The van der Waals surface area contributed by atoms with Gasteiger partial charge < -0.3 is 15.5 Å². The molecule has 0 bridgehead atoms. The smallest absolute Gasteiger partial charge is 0.328 e. The number of amides is 4. The molecule has 0 spiro atoms. The number of likely N-dealkylation sites (N-methyl/N-ethyl adjacent to an activating group) is 1. The van der Waals surface area contributed by atoms with Gasteiger partial charge in [-0.15, -0.1) is 0 Å². The summed E-state index contributed by atoms with van der Waals surface area (Å²) in [6.45, 7) is 3.88. The molecule has 2 unspecified atom stereocenters. The number of fused-ring (bicyclic) bond motifs is 1. The van der Waals surface area contributed by atoms with Gasteiger partial charge in [0.25, 0.3) is 5.91 Å². The topological polar surface area (TPSA) is 117 Å². The summed E-state index contributed by atoms with van der Waals surface area (Å²) in [5.41, 5.74) is 8.20. The van der Waals surface area contributed by atoms with Crippen LogP contribution in [0.15, 0.2) is 41.4 Å². The summed E-state index contributed by atoms with van der Waals surface area (Å²) in [4.78, 5) is 46.5. The predicted octanol–water partition coefficient (Wildman–Crippen LogP) is 0.726. The van der Waals surface area contributed by atoms with Crippen LogP contribution in [0.4, 0.5) is 4.79 Å². The van der Waals surface area contributed by atoms with Crippen molar-refractivity contribution in [3.8, 4) is 0 Å². The second-order valence-electron chi connectivity index (χ2n) is 8.19. The molecule has 168 valence electrons. The Morgan fingerprint density at radius 2 is 1.88 bits per heavy atom. The molecule has 4 rings (SSSR count). The summed E-state index contributed by atoms with van der Waals surface area (Å²) in [6, 6.07) is 10.7. The van der Waals surface area contributed by atoms with Crippen molar-refractivity contribution in [1.29, 1.82) is 0 Å². The van der Waals surface area contributed by atoms with E-state index in [1.54, 1.807) is 11.7 Å². The van der Waals surface area contributed by atoms with Gasteiger partial charge in [-0.1, -0.05) is 30.3 Å². The van der Waals surface area contributed by atoms with Crippen LogP contribution in [-0.2, 0) is 16.0 Å². The van der Waals surface area contributed by atoms with Gasteiger partial charge in [0, 0.05) is 19.3 Å². The summed E-state index contributed by atoms with van der Waals surface area (Å²) in [5.74, 6) is -0.698. The molecule has 1 aromatic heterocycles. The number of urea groups is 1. The number of hydrogen-bond acceptors (Lipinski definition) is 6. The van der Waals surface area contributed by atoms with Gasteiger partial charge >= 0.3 is 6.03 Å². The molecule has 1 saturated heterocycles. The number of imide groups is 1. The normalized spacial score (nSPS) is 20.6. The van der Waals surface area contributed by atoms with Crippen LogP contribution in [0.25, 0.3) is 0 Å². The van der Waals surface area contributed by atoms with Gasteiger partial charge in [-0.2, -0.15) is 5.10 Å². The summed E-state index contributed by atoms with van der Waals surface area (Å²) in [7, 11) is 1.58. The molecule has 2 N–H and O–H groups in total. The third-order valence-corrected chi connectivity index (χ3v) is 5.79. The third kappa shape index (κ3) is 3.83. The molecule has 0 radical (unpaired) electrons. The number of hydrogen-bond donors (Lipinski definition) is 1. The first-order chi connectivity index (χ1) is 15.3. The maximum Gasteiger partial charge on any atom is 0.328 e. The standard InChI is InChI=1S/C22H27N7O3/c1-14-12-15(2)29(25-14)21-24-19-18(20(31)28(13-17(23)30)22(32)26(19)3)27(21)11-7-10-16-8-5-4-6-9-16/h4-6,8-9,12,18-19H,7,10-11,13H2,1-3H3,(H2,23,30). The Morgan fingerprint density at radius 1 is 1.16 bits per heavy atom. The quantitative estimate of drug-likeness (QED) is 0.715. The van der Waals surface area contributed by atoms with E-state index in [1.165, 1.54) is 10.5 Å². The van der Waals surface area contributed by atoms with Gasteiger partial charge in [-0.3, -0.25) is 14.5 Å². The zero-order chi connectivity index (χ0) is 23.0. The maximum absolute atomic E-state index is 13.3. The molecule has 2 atom stereocenters. The summed E-state index contributed by atoms with van der Waals surface area (Å²) < 4.78 is 1.71. The Bertz CT molecular complexity index is 1080. The molecule has 2 aliphatic rings. The molecular formula is C22H27N7O3. The first kappa shape index (κ1) is 21.5. The van der Waals surface area contributed by atoms with Crippen LogP contribution in [0.2, 0.25) is 0 Å². The second kappa shape index (κ2) is 8.45. The van der Waals surface area contributed by atoms with E-state index in [9.17, 15) is 14.4 Å². The van der Waals surface area contributed by atoms with E-state index in [2.05, 4.69) is 17.2 Å².